The zero-order valence-corrected chi connectivity index (χ0v) is 21.3. The van der Waals surface area contributed by atoms with Crippen LogP contribution in [0.25, 0.3) is 10.8 Å². The zero-order chi connectivity index (χ0) is 26.7. The van der Waals surface area contributed by atoms with Gasteiger partial charge in [0.25, 0.3) is 16.0 Å². The Labute approximate surface area is 218 Å². The first-order valence-electron chi connectivity index (χ1n) is 11.1. The summed E-state index contributed by atoms with van der Waals surface area (Å²) in [5, 5.41) is 23.1. The van der Waals surface area contributed by atoms with Gasteiger partial charge in [-0.15, -0.1) is 10.2 Å². The molecule has 0 heterocycles. The van der Waals surface area contributed by atoms with Crippen LogP contribution in [0.3, 0.4) is 0 Å². The third kappa shape index (κ3) is 5.72. The first kappa shape index (κ1) is 26.1. The van der Waals surface area contributed by atoms with Crippen LogP contribution < -0.4 is 10.1 Å². The topological polar surface area (TPSA) is 138 Å². The Balaban J connectivity index is 1.79. The second kappa shape index (κ2) is 10.6. The number of fused-ring (bicyclic) bond motifs is 1. The third-order valence-corrected chi connectivity index (χ3v) is 6.66. The van der Waals surface area contributed by atoms with Crippen LogP contribution in [0, 0.1) is 6.92 Å². The van der Waals surface area contributed by atoms with Crippen LogP contribution in [0.4, 0.5) is 17.1 Å². The normalized spacial score (nSPS) is 11.7. The van der Waals surface area contributed by atoms with Crippen molar-refractivity contribution in [2.45, 2.75) is 18.7 Å². The number of phenols is 1. The predicted octanol–water partition coefficient (Wildman–Crippen LogP) is 6.82. The van der Waals surface area contributed by atoms with E-state index in [0.717, 1.165) is 0 Å². The van der Waals surface area contributed by atoms with Crippen LogP contribution in [0.2, 0.25) is 5.02 Å². The molecule has 0 aliphatic carbocycles. The van der Waals surface area contributed by atoms with Gasteiger partial charge >= 0.3 is 0 Å². The summed E-state index contributed by atoms with van der Waals surface area (Å²) in [6.07, 6.45) is 0. The standard InChI is InChI=1S/C26H22ClN3O6S/c1-3-36-19-10-8-18(9-11-19)28-26(32)21-13-16-6-4-5-7-20(16)23(24(21)31)30-29-22-14-17(27)12-15(2)25(22)37(33,34)35/h4-14,31H,3H2,1-2H3,(H,28,32)(H,33,34,35). The van der Waals surface area contributed by atoms with Gasteiger partial charge in [0, 0.05) is 16.1 Å². The van der Waals surface area contributed by atoms with E-state index in [2.05, 4.69) is 15.5 Å². The lowest BCUT2D eigenvalue weighted by atomic mass is 10.0. The molecule has 0 unspecified atom stereocenters. The number of aromatic hydroxyl groups is 1. The highest BCUT2D eigenvalue weighted by atomic mass is 35.5. The van der Waals surface area contributed by atoms with E-state index in [1.165, 1.54) is 25.1 Å². The van der Waals surface area contributed by atoms with Crippen molar-refractivity contribution in [1.29, 1.82) is 0 Å². The number of aryl methyl sites for hydroxylation is 1. The number of halogens is 1. The molecule has 0 aliphatic heterocycles. The Kier molecular flexibility index (Phi) is 7.44. The molecule has 190 valence electrons. The number of rotatable bonds is 7. The smallest absolute Gasteiger partial charge is 0.297 e. The highest BCUT2D eigenvalue weighted by Crippen LogP contribution is 2.41. The Morgan fingerprint density at radius 1 is 1.05 bits per heavy atom. The van der Waals surface area contributed by atoms with Gasteiger partial charge in [-0.2, -0.15) is 8.42 Å². The van der Waals surface area contributed by atoms with E-state index < -0.39 is 26.7 Å². The molecule has 4 aromatic rings. The molecule has 0 bridgehead atoms. The average Bonchev–Trinajstić information content (AvgIpc) is 2.83. The number of hydrogen-bond donors (Lipinski definition) is 3. The van der Waals surface area contributed by atoms with Gasteiger partial charge in [0.2, 0.25) is 0 Å². The Morgan fingerprint density at radius 2 is 1.76 bits per heavy atom. The number of carbonyl (C=O) groups excluding carboxylic acids is 1. The molecule has 37 heavy (non-hydrogen) atoms. The number of amides is 1. The maximum Gasteiger partial charge on any atom is 0.297 e. The van der Waals surface area contributed by atoms with Crippen LogP contribution >= 0.6 is 11.6 Å². The van der Waals surface area contributed by atoms with Crippen molar-refractivity contribution < 1.29 is 27.6 Å². The molecule has 0 radical (unpaired) electrons. The second-order valence-corrected chi connectivity index (χ2v) is 9.79. The molecular formula is C26H22ClN3O6S. The summed E-state index contributed by atoms with van der Waals surface area (Å²) in [5.41, 5.74) is 0.297. The maximum atomic E-state index is 13.1. The summed E-state index contributed by atoms with van der Waals surface area (Å²) in [5.74, 6) is -0.406. The molecule has 1 amide bonds. The molecule has 0 saturated carbocycles. The van der Waals surface area contributed by atoms with Gasteiger partial charge < -0.3 is 15.2 Å². The fourth-order valence-electron chi connectivity index (χ4n) is 3.82. The summed E-state index contributed by atoms with van der Waals surface area (Å²) in [7, 11) is -4.65. The lowest BCUT2D eigenvalue weighted by Crippen LogP contribution is -2.12. The average molecular weight is 540 g/mol. The SMILES string of the molecule is CCOc1ccc(NC(=O)c2cc3ccccc3c(N=Nc3cc(Cl)cc(C)c3S(=O)(=O)O)c2O)cc1. The van der Waals surface area contributed by atoms with Crippen LogP contribution in [0.1, 0.15) is 22.8 Å². The number of ether oxygens (including phenoxy) is 1. The van der Waals surface area contributed by atoms with Gasteiger partial charge in [0.1, 0.15) is 22.0 Å². The number of benzene rings is 4. The second-order valence-electron chi connectivity index (χ2n) is 8.00. The molecule has 0 saturated heterocycles. The predicted molar refractivity (Wildman–Crippen MR) is 141 cm³/mol. The molecule has 4 aromatic carbocycles. The van der Waals surface area contributed by atoms with Gasteiger partial charge in [-0.05, 0) is 67.3 Å². The van der Waals surface area contributed by atoms with Gasteiger partial charge in [-0.3, -0.25) is 9.35 Å². The number of nitrogens with one attached hydrogen (secondary N) is 1. The maximum absolute atomic E-state index is 13.1. The molecule has 0 spiro atoms. The van der Waals surface area contributed by atoms with Crippen LogP contribution in [0.15, 0.2) is 81.9 Å². The van der Waals surface area contributed by atoms with E-state index in [-0.39, 0.29) is 27.5 Å². The monoisotopic (exact) mass is 539 g/mol. The van der Waals surface area contributed by atoms with Gasteiger partial charge in [-0.25, -0.2) is 0 Å². The Bertz CT molecular complexity index is 1640. The molecule has 0 aromatic heterocycles. The first-order chi connectivity index (χ1) is 17.6. The van der Waals surface area contributed by atoms with Gasteiger partial charge in [-0.1, -0.05) is 35.9 Å². The van der Waals surface area contributed by atoms with E-state index in [1.54, 1.807) is 48.5 Å². The van der Waals surface area contributed by atoms with Crippen molar-refractivity contribution >= 4 is 55.5 Å². The number of carbonyl (C=O) groups is 1. The molecule has 0 aliphatic rings. The van der Waals surface area contributed by atoms with Gasteiger partial charge in [0.05, 0.1) is 12.2 Å². The molecular weight excluding hydrogens is 518 g/mol. The minimum absolute atomic E-state index is 0.0612. The Hall–Kier alpha value is -3.99. The molecule has 9 nitrogen and oxygen atoms in total. The molecule has 0 atom stereocenters. The van der Waals surface area contributed by atoms with Crippen LogP contribution in [-0.2, 0) is 10.1 Å². The van der Waals surface area contributed by atoms with E-state index in [4.69, 9.17) is 16.3 Å². The minimum atomic E-state index is -4.65. The number of anilines is 1. The summed E-state index contributed by atoms with van der Waals surface area (Å²) in [6.45, 7) is 3.82. The number of hydrogen-bond acceptors (Lipinski definition) is 7. The highest BCUT2D eigenvalue weighted by Gasteiger charge is 2.22. The minimum Gasteiger partial charge on any atom is -0.505 e. The number of nitrogens with zero attached hydrogens (tertiary/aromatic N) is 2. The highest BCUT2D eigenvalue weighted by molar-refractivity contribution is 7.86. The van der Waals surface area contributed by atoms with E-state index in [9.17, 15) is 22.9 Å². The lowest BCUT2D eigenvalue weighted by molar-refractivity contribution is 0.102. The van der Waals surface area contributed by atoms with Crippen LogP contribution in [-0.4, -0.2) is 30.6 Å². The lowest BCUT2D eigenvalue weighted by Gasteiger charge is -2.12. The largest absolute Gasteiger partial charge is 0.505 e. The van der Waals surface area contributed by atoms with Crippen molar-refractivity contribution in [1.82, 2.24) is 0 Å². The fourth-order valence-corrected chi connectivity index (χ4v) is 4.91. The first-order valence-corrected chi connectivity index (χ1v) is 12.9. The van der Waals surface area contributed by atoms with E-state index in [1.807, 2.05) is 6.92 Å². The van der Waals surface area contributed by atoms with Gasteiger partial charge in [0.15, 0.2) is 5.75 Å². The third-order valence-electron chi connectivity index (χ3n) is 5.40. The number of azo groups is 1. The van der Waals surface area contributed by atoms with Crippen molar-refractivity contribution in [3.63, 3.8) is 0 Å². The molecule has 11 heteroatoms. The summed E-state index contributed by atoms with van der Waals surface area (Å²) >= 11 is 6.06. The van der Waals surface area contributed by atoms with Crippen molar-refractivity contribution in [2.75, 3.05) is 11.9 Å². The van der Waals surface area contributed by atoms with E-state index in [0.29, 0.717) is 28.8 Å². The summed E-state index contributed by atoms with van der Waals surface area (Å²) in [4.78, 5) is 12.6. The quantitative estimate of drug-likeness (QED) is 0.174. The van der Waals surface area contributed by atoms with Crippen LogP contribution in [0.5, 0.6) is 11.5 Å². The van der Waals surface area contributed by atoms with E-state index >= 15 is 0 Å². The fraction of sp³-hybridized carbons (Fsp3) is 0.115. The zero-order valence-electron chi connectivity index (χ0n) is 19.8. The van der Waals surface area contributed by atoms with Crippen molar-refractivity contribution in [3.05, 3.63) is 82.9 Å². The molecule has 0 fully saturated rings. The molecule has 4 rings (SSSR count). The number of phenolic OH excluding ortho intramolecular Hbond substituents is 1. The molecule has 3 N–H and O–H groups in total. The van der Waals surface area contributed by atoms with Crippen molar-refractivity contribution in [3.8, 4) is 11.5 Å². The Morgan fingerprint density at radius 3 is 2.43 bits per heavy atom. The summed E-state index contributed by atoms with van der Waals surface area (Å²) in [6, 6.07) is 17.7. The summed E-state index contributed by atoms with van der Waals surface area (Å²) < 4.78 is 39.0. The van der Waals surface area contributed by atoms with Crippen molar-refractivity contribution in [2.24, 2.45) is 10.2 Å².